The summed E-state index contributed by atoms with van der Waals surface area (Å²) in [5.74, 6) is 0.767. The molecule has 0 unspecified atom stereocenters. The van der Waals surface area contributed by atoms with E-state index in [2.05, 4.69) is 26.7 Å². The fraction of sp³-hybridized carbons (Fsp3) is 0.125. The van der Waals surface area contributed by atoms with E-state index in [0.29, 0.717) is 34.7 Å². The number of hydrogen-bond acceptors (Lipinski definition) is 7. The van der Waals surface area contributed by atoms with Crippen LogP contribution in [-0.2, 0) is 6.54 Å². The standard InChI is InChI=1S/C24H21N5O2/c1-15-5-6-18(9-21(15)30)29-23-17(11-25)14-28-24-20(23)8-19(10-22(24)31-2)27-13-16-4-3-7-26-12-16/h3-10,12,14,27,30H,13H2,1-2H3,(H,28,29). The Morgan fingerprint density at radius 1 is 1.13 bits per heavy atom. The maximum absolute atomic E-state index is 10.1. The van der Waals surface area contributed by atoms with Crippen molar-refractivity contribution in [2.24, 2.45) is 0 Å². The zero-order chi connectivity index (χ0) is 21.8. The number of fused-ring (bicyclic) bond motifs is 1. The van der Waals surface area contributed by atoms with Crippen molar-refractivity contribution in [1.29, 1.82) is 5.26 Å². The molecular weight excluding hydrogens is 390 g/mol. The minimum atomic E-state index is 0.179. The van der Waals surface area contributed by atoms with Crippen LogP contribution in [0.5, 0.6) is 11.5 Å². The molecule has 0 saturated heterocycles. The van der Waals surface area contributed by atoms with Crippen molar-refractivity contribution >= 4 is 28.0 Å². The summed E-state index contributed by atoms with van der Waals surface area (Å²) in [5.41, 5.74) is 4.91. The van der Waals surface area contributed by atoms with Gasteiger partial charge in [0.15, 0.2) is 0 Å². The number of phenolic OH excluding ortho intramolecular Hbond substituents is 1. The van der Waals surface area contributed by atoms with E-state index in [4.69, 9.17) is 4.74 Å². The maximum Gasteiger partial charge on any atom is 0.147 e. The molecule has 31 heavy (non-hydrogen) atoms. The van der Waals surface area contributed by atoms with Crippen molar-refractivity contribution in [3.8, 4) is 17.6 Å². The molecule has 154 valence electrons. The maximum atomic E-state index is 10.1. The fourth-order valence-corrected chi connectivity index (χ4v) is 3.29. The van der Waals surface area contributed by atoms with Crippen molar-refractivity contribution in [1.82, 2.24) is 9.97 Å². The molecule has 0 aliphatic carbocycles. The van der Waals surface area contributed by atoms with Gasteiger partial charge in [-0.15, -0.1) is 0 Å². The Kier molecular flexibility index (Phi) is 5.54. The number of pyridine rings is 2. The molecule has 0 aliphatic rings. The normalized spacial score (nSPS) is 10.5. The van der Waals surface area contributed by atoms with E-state index in [-0.39, 0.29) is 5.75 Å². The number of aromatic hydroxyl groups is 1. The monoisotopic (exact) mass is 411 g/mol. The van der Waals surface area contributed by atoms with Gasteiger partial charge in [0.2, 0.25) is 0 Å². The Labute approximate surface area is 180 Å². The van der Waals surface area contributed by atoms with Gasteiger partial charge in [0.1, 0.15) is 23.1 Å². The van der Waals surface area contributed by atoms with Gasteiger partial charge in [0.05, 0.1) is 18.4 Å². The molecule has 2 aromatic carbocycles. The van der Waals surface area contributed by atoms with Crippen molar-refractivity contribution < 1.29 is 9.84 Å². The molecule has 0 radical (unpaired) electrons. The van der Waals surface area contributed by atoms with Gasteiger partial charge in [-0.25, -0.2) is 0 Å². The van der Waals surface area contributed by atoms with Crippen LogP contribution in [0.25, 0.3) is 10.9 Å². The van der Waals surface area contributed by atoms with Gasteiger partial charge in [-0.1, -0.05) is 12.1 Å². The van der Waals surface area contributed by atoms with E-state index in [1.165, 1.54) is 6.20 Å². The van der Waals surface area contributed by atoms with Gasteiger partial charge in [-0.3, -0.25) is 9.97 Å². The Morgan fingerprint density at radius 3 is 2.71 bits per heavy atom. The van der Waals surface area contributed by atoms with Crippen LogP contribution in [-0.4, -0.2) is 22.2 Å². The molecule has 0 amide bonds. The molecule has 0 atom stereocenters. The minimum absolute atomic E-state index is 0.179. The zero-order valence-corrected chi connectivity index (χ0v) is 17.2. The summed E-state index contributed by atoms with van der Waals surface area (Å²) in [6, 6.07) is 15.2. The lowest BCUT2D eigenvalue weighted by Gasteiger charge is -2.16. The molecular formula is C24H21N5O2. The largest absolute Gasteiger partial charge is 0.508 e. The molecule has 0 bridgehead atoms. The van der Waals surface area contributed by atoms with E-state index >= 15 is 0 Å². The summed E-state index contributed by atoms with van der Waals surface area (Å²) >= 11 is 0. The summed E-state index contributed by atoms with van der Waals surface area (Å²) in [4.78, 5) is 8.58. The van der Waals surface area contributed by atoms with Crippen molar-refractivity contribution in [3.05, 3.63) is 77.7 Å². The van der Waals surface area contributed by atoms with Crippen LogP contribution in [0.4, 0.5) is 17.1 Å². The highest BCUT2D eigenvalue weighted by molar-refractivity contribution is 6.00. The van der Waals surface area contributed by atoms with Crippen LogP contribution in [0.15, 0.2) is 61.1 Å². The highest BCUT2D eigenvalue weighted by atomic mass is 16.5. The number of benzene rings is 2. The lowest BCUT2D eigenvalue weighted by Crippen LogP contribution is -2.02. The Bertz CT molecular complexity index is 1280. The van der Waals surface area contributed by atoms with E-state index in [1.54, 1.807) is 25.6 Å². The van der Waals surface area contributed by atoms with Crippen LogP contribution in [0.3, 0.4) is 0 Å². The predicted octanol–water partition coefficient (Wildman–Crippen LogP) is 4.88. The molecule has 7 heteroatoms. The molecule has 0 fully saturated rings. The second-order valence-electron chi connectivity index (χ2n) is 7.07. The topological polar surface area (TPSA) is 103 Å². The van der Waals surface area contributed by atoms with Crippen LogP contribution in [0.2, 0.25) is 0 Å². The summed E-state index contributed by atoms with van der Waals surface area (Å²) in [5, 5.41) is 27.1. The lowest BCUT2D eigenvalue weighted by atomic mass is 10.1. The van der Waals surface area contributed by atoms with E-state index in [1.807, 2.05) is 43.3 Å². The number of aromatic nitrogens is 2. The number of rotatable bonds is 6. The highest BCUT2D eigenvalue weighted by Crippen LogP contribution is 2.36. The van der Waals surface area contributed by atoms with Crippen LogP contribution >= 0.6 is 0 Å². The van der Waals surface area contributed by atoms with Crippen LogP contribution < -0.4 is 15.4 Å². The number of aryl methyl sites for hydroxylation is 1. The molecule has 4 aromatic rings. The van der Waals surface area contributed by atoms with Gasteiger partial charge in [0.25, 0.3) is 0 Å². The molecule has 3 N–H and O–H groups in total. The van der Waals surface area contributed by atoms with E-state index < -0.39 is 0 Å². The van der Waals surface area contributed by atoms with Gasteiger partial charge in [-0.2, -0.15) is 5.26 Å². The van der Waals surface area contributed by atoms with Crippen molar-refractivity contribution in [3.63, 3.8) is 0 Å². The van der Waals surface area contributed by atoms with Gasteiger partial charge in [-0.05, 0) is 36.2 Å². The molecule has 2 aromatic heterocycles. The smallest absolute Gasteiger partial charge is 0.147 e. The number of ether oxygens (including phenoxy) is 1. The highest BCUT2D eigenvalue weighted by Gasteiger charge is 2.15. The third-order valence-corrected chi connectivity index (χ3v) is 4.97. The third-order valence-electron chi connectivity index (χ3n) is 4.97. The summed E-state index contributed by atoms with van der Waals surface area (Å²) in [6.07, 6.45) is 5.06. The number of phenols is 1. The van der Waals surface area contributed by atoms with E-state index in [9.17, 15) is 10.4 Å². The first-order chi connectivity index (χ1) is 15.1. The summed E-state index contributed by atoms with van der Waals surface area (Å²) < 4.78 is 5.57. The second kappa shape index (κ2) is 8.59. The second-order valence-corrected chi connectivity index (χ2v) is 7.07. The van der Waals surface area contributed by atoms with E-state index in [0.717, 1.165) is 22.2 Å². The lowest BCUT2D eigenvalue weighted by molar-refractivity contribution is 0.419. The minimum Gasteiger partial charge on any atom is -0.508 e. The number of nitrogens with zero attached hydrogens (tertiary/aromatic N) is 3. The Balaban J connectivity index is 1.79. The SMILES string of the molecule is COc1cc(NCc2cccnc2)cc2c(Nc3ccc(C)c(O)c3)c(C#N)cnc12. The van der Waals surface area contributed by atoms with Gasteiger partial charge >= 0.3 is 0 Å². The summed E-state index contributed by atoms with van der Waals surface area (Å²) in [7, 11) is 1.59. The summed E-state index contributed by atoms with van der Waals surface area (Å²) in [6.45, 7) is 2.41. The first-order valence-electron chi connectivity index (χ1n) is 9.69. The number of methoxy groups -OCH3 is 1. The first kappa shape index (κ1) is 20.0. The molecule has 7 nitrogen and oxygen atoms in total. The number of nitriles is 1. The predicted molar refractivity (Wildman–Crippen MR) is 121 cm³/mol. The number of nitrogens with one attached hydrogen (secondary N) is 2. The molecule has 2 heterocycles. The molecule has 4 rings (SSSR count). The average Bonchev–Trinajstić information content (AvgIpc) is 2.80. The van der Waals surface area contributed by atoms with Crippen LogP contribution in [0.1, 0.15) is 16.7 Å². The quantitative estimate of drug-likeness (QED) is 0.415. The van der Waals surface area contributed by atoms with Gasteiger partial charge in [0, 0.05) is 54.0 Å². The Morgan fingerprint density at radius 2 is 2.00 bits per heavy atom. The fourth-order valence-electron chi connectivity index (χ4n) is 3.29. The Hall–Kier alpha value is -4.31. The average molecular weight is 411 g/mol. The molecule has 0 saturated carbocycles. The van der Waals surface area contributed by atoms with Crippen molar-refractivity contribution in [2.75, 3.05) is 17.7 Å². The number of anilines is 3. The third kappa shape index (κ3) is 4.19. The van der Waals surface area contributed by atoms with Crippen molar-refractivity contribution in [2.45, 2.75) is 13.5 Å². The number of hydrogen-bond donors (Lipinski definition) is 3. The molecule has 0 spiro atoms. The van der Waals surface area contributed by atoms with Gasteiger partial charge < -0.3 is 20.5 Å². The molecule has 0 aliphatic heterocycles. The first-order valence-corrected chi connectivity index (χ1v) is 9.69. The van der Waals surface area contributed by atoms with Crippen LogP contribution in [0, 0.1) is 18.3 Å². The zero-order valence-electron chi connectivity index (χ0n) is 17.2.